The molecule has 1 aliphatic heterocycles. The van der Waals surface area contributed by atoms with Crippen molar-refractivity contribution in [3.8, 4) is 5.75 Å². The molecule has 0 aliphatic carbocycles. The van der Waals surface area contributed by atoms with Crippen molar-refractivity contribution in [1.29, 1.82) is 0 Å². The van der Waals surface area contributed by atoms with Gasteiger partial charge in [0.15, 0.2) is 0 Å². The van der Waals surface area contributed by atoms with Crippen LogP contribution in [0.5, 0.6) is 5.75 Å². The third-order valence-corrected chi connectivity index (χ3v) is 2.86. The Morgan fingerprint density at radius 3 is 2.60 bits per heavy atom. The quantitative estimate of drug-likeness (QED) is 0.926. The highest BCUT2D eigenvalue weighted by molar-refractivity contribution is 5.94. The molecule has 1 heterocycles. The molecule has 0 bridgehead atoms. The summed E-state index contributed by atoms with van der Waals surface area (Å²) < 4.78 is 45.0. The van der Waals surface area contributed by atoms with Crippen molar-refractivity contribution >= 4 is 5.91 Å². The first-order valence-electron chi connectivity index (χ1n) is 6.20. The molecule has 7 heteroatoms. The maximum Gasteiger partial charge on any atom is 0.573 e. The monoisotopic (exact) mass is 289 g/mol. The minimum absolute atomic E-state index is 0.0202. The summed E-state index contributed by atoms with van der Waals surface area (Å²) in [5, 5.41) is 2.68. The highest BCUT2D eigenvalue weighted by atomic mass is 19.4. The Morgan fingerprint density at radius 1 is 1.35 bits per heavy atom. The zero-order valence-corrected chi connectivity index (χ0v) is 10.6. The average Bonchev–Trinajstić information content (AvgIpc) is 2.88. The second-order valence-corrected chi connectivity index (χ2v) is 4.42. The lowest BCUT2D eigenvalue weighted by atomic mass is 10.2. The highest BCUT2D eigenvalue weighted by Gasteiger charge is 2.31. The Labute approximate surface area is 113 Å². The van der Waals surface area contributed by atoms with Crippen LogP contribution in [-0.2, 0) is 4.74 Å². The number of carbonyl (C=O) groups excluding carboxylic acids is 1. The summed E-state index contributed by atoms with van der Waals surface area (Å²) in [6, 6.07) is 4.78. The first-order valence-corrected chi connectivity index (χ1v) is 6.20. The first kappa shape index (κ1) is 14.6. The Morgan fingerprint density at radius 2 is 2.05 bits per heavy atom. The number of alkyl halides is 3. The van der Waals surface area contributed by atoms with Gasteiger partial charge in [0.05, 0.1) is 6.10 Å². The van der Waals surface area contributed by atoms with Crippen LogP contribution in [0.1, 0.15) is 23.2 Å². The molecule has 1 N–H and O–H groups in total. The summed E-state index contributed by atoms with van der Waals surface area (Å²) in [5.74, 6) is -0.702. The van der Waals surface area contributed by atoms with Gasteiger partial charge in [0, 0.05) is 18.7 Å². The van der Waals surface area contributed by atoms with Crippen LogP contribution in [-0.4, -0.2) is 31.5 Å². The fourth-order valence-electron chi connectivity index (χ4n) is 1.92. The first-order chi connectivity index (χ1) is 9.44. The minimum Gasteiger partial charge on any atom is -0.406 e. The maximum atomic E-state index is 12.0. The predicted octanol–water partition coefficient (Wildman–Crippen LogP) is 2.49. The Kier molecular flexibility index (Phi) is 4.49. The molecule has 1 aromatic carbocycles. The molecular formula is C13H14F3NO3. The number of nitrogens with one attached hydrogen (secondary N) is 1. The number of carbonyl (C=O) groups is 1. The van der Waals surface area contributed by atoms with Gasteiger partial charge in [0.2, 0.25) is 0 Å². The third kappa shape index (κ3) is 4.41. The number of rotatable bonds is 4. The zero-order chi connectivity index (χ0) is 14.6. The summed E-state index contributed by atoms with van der Waals surface area (Å²) >= 11 is 0. The molecule has 4 nitrogen and oxygen atoms in total. The fourth-order valence-corrected chi connectivity index (χ4v) is 1.92. The van der Waals surface area contributed by atoms with Crippen LogP contribution in [0.25, 0.3) is 0 Å². The van der Waals surface area contributed by atoms with Gasteiger partial charge in [-0.3, -0.25) is 4.79 Å². The SMILES string of the molecule is O=C(NC[C@@H]1CCCO1)c1ccc(OC(F)(F)F)cc1. The van der Waals surface area contributed by atoms with Gasteiger partial charge in [-0.15, -0.1) is 13.2 Å². The van der Waals surface area contributed by atoms with Crippen molar-refractivity contribution < 1.29 is 27.4 Å². The molecule has 1 aromatic rings. The summed E-state index contributed by atoms with van der Waals surface area (Å²) in [6.07, 6.45) is -2.83. The van der Waals surface area contributed by atoms with Crippen molar-refractivity contribution in [2.75, 3.05) is 13.2 Å². The standard InChI is InChI=1S/C13H14F3NO3/c14-13(15,16)20-10-5-3-9(4-6-10)12(18)17-8-11-2-1-7-19-11/h3-6,11H,1-2,7-8H2,(H,17,18)/t11-/m0/s1. The molecule has 0 unspecified atom stereocenters. The van der Waals surface area contributed by atoms with Crippen LogP contribution in [0.2, 0.25) is 0 Å². The molecule has 1 atom stereocenters. The van der Waals surface area contributed by atoms with E-state index in [1.165, 1.54) is 12.1 Å². The van der Waals surface area contributed by atoms with E-state index in [0.29, 0.717) is 13.2 Å². The van der Waals surface area contributed by atoms with E-state index in [1.54, 1.807) is 0 Å². The van der Waals surface area contributed by atoms with E-state index in [-0.39, 0.29) is 23.3 Å². The molecule has 1 fully saturated rings. The van der Waals surface area contributed by atoms with Gasteiger partial charge >= 0.3 is 6.36 Å². The number of hydrogen-bond donors (Lipinski definition) is 1. The highest BCUT2D eigenvalue weighted by Crippen LogP contribution is 2.22. The summed E-state index contributed by atoms with van der Waals surface area (Å²) in [5.41, 5.74) is 0.275. The van der Waals surface area contributed by atoms with Crippen molar-refractivity contribution in [2.24, 2.45) is 0 Å². The van der Waals surface area contributed by atoms with Crippen LogP contribution in [0.3, 0.4) is 0 Å². The molecule has 2 rings (SSSR count). The molecule has 0 saturated carbocycles. The predicted molar refractivity (Wildman–Crippen MR) is 64.4 cm³/mol. The number of hydrogen-bond acceptors (Lipinski definition) is 3. The molecule has 1 aliphatic rings. The van der Waals surface area contributed by atoms with Gasteiger partial charge in [0.1, 0.15) is 5.75 Å². The van der Waals surface area contributed by atoms with Crippen molar-refractivity contribution in [2.45, 2.75) is 25.3 Å². The molecule has 110 valence electrons. The van der Waals surface area contributed by atoms with Gasteiger partial charge in [-0.2, -0.15) is 0 Å². The van der Waals surface area contributed by atoms with Crippen LogP contribution >= 0.6 is 0 Å². The molecule has 0 aromatic heterocycles. The number of halogens is 3. The Bertz CT molecular complexity index is 453. The molecule has 20 heavy (non-hydrogen) atoms. The number of benzene rings is 1. The zero-order valence-electron chi connectivity index (χ0n) is 10.6. The normalized spacial score (nSPS) is 18.9. The van der Waals surface area contributed by atoms with Crippen molar-refractivity contribution in [3.05, 3.63) is 29.8 Å². The minimum atomic E-state index is -4.73. The molecular weight excluding hydrogens is 275 g/mol. The Balaban J connectivity index is 1.86. The van der Waals surface area contributed by atoms with E-state index in [0.717, 1.165) is 25.0 Å². The van der Waals surface area contributed by atoms with Crippen LogP contribution in [0.15, 0.2) is 24.3 Å². The van der Waals surface area contributed by atoms with Crippen LogP contribution in [0, 0.1) is 0 Å². The molecule has 1 amide bonds. The third-order valence-electron chi connectivity index (χ3n) is 2.86. The second-order valence-electron chi connectivity index (χ2n) is 4.42. The van der Waals surface area contributed by atoms with Crippen molar-refractivity contribution in [3.63, 3.8) is 0 Å². The average molecular weight is 289 g/mol. The maximum absolute atomic E-state index is 12.0. The van der Waals surface area contributed by atoms with E-state index in [4.69, 9.17) is 4.74 Å². The molecule has 0 spiro atoms. The van der Waals surface area contributed by atoms with E-state index in [9.17, 15) is 18.0 Å². The van der Waals surface area contributed by atoms with Gasteiger partial charge in [-0.05, 0) is 37.1 Å². The summed E-state index contributed by atoms with van der Waals surface area (Å²) in [6.45, 7) is 1.10. The topological polar surface area (TPSA) is 47.6 Å². The van der Waals surface area contributed by atoms with E-state index < -0.39 is 6.36 Å². The lowest BCUT2D eigenvalue weighted by Gasteiger charge is -2.11. The molecule has 0 radical (unpaired) electrons. The number of ether oxygens (including phenoxy) is 2. The lowest BCUT2D eigenvalue weighted by molar-refractivity contribution is -0.274. The van der Waals surface area contributed by atoms with Crippen molar-refractivity contribution in [1.82, 2.24) is 5.32 Å². The van der Waals surface area contributed by atoms with Crippen LogP contribution in [0.4, 0.5) is 13.2 Å². The fraction of sp³-hybridized carbons (Fsp3) is 0.462. The van der Waals surface area contributed by atoms with Gasteiger partial charge in [0.25, 0.3) is 5.91 Å². The second kappa shape index (κ2) is 6.13. The van der Waals surface area contributed by atoms with Crippen LogP contribution < -0.4 is 10.1 Å². The van der Waals surface area contributed by atoms with Gasteiger partial charge < -0.3 is 14.8 Å². The van der Waals surface area contributed by atoms with E-state index in [1.807, 2.05) is 0 Å². The van der Waals surface area contributed by atoms with E-state index in [2.05, 4.69) is 10.1 Å². The van der Waals surface area contributed by atoms with Gasteiger partial charge in [-0.25, -0.2) is 0 Å². The lowest BCUT2D eigenvalue weighted by Crippen LogP contribution is -2.31. The van der Waals surface area contributed by atoms with Gasteiger partial charge in [-0.1, -0.05) is 0 Å². The smallest absolute Gasteiger partial charge is 0.406 e. The Hall–Kier alpha value is -1.76. The summed E-state index contributed by atoms with van der Waals surface area (Å²) in [4.78, 5) is 11.8. The number of amides is 1. The molecule has 1 saturated heterocycles. The largest absolute Gasteiger partial charge is 0.573 e. The van der Waals surface area contributed by atoms with E-state index >= 15 is 0 Å². The summed E-state index contributed by atoms with van der Waals surface area (Å²) in [7, 11) is 0.